The van der Waals surface area contributed by atoms with Crippen molar-refractivity contribution >= 4 is 11.8 Å². The van der Waals surface area contributed by atoms with Crippen molar-refractivity contribution in [2.45, 2.75) is 24.8 Å². The summed E-state index contributed by atoms with van der Waals surface area (Å²) >= 11 is 0. The van der Waals surface area contributed by atoms with E-state index in [1.165, 1.54) is 0 Å². The molecule has 3 rings (SSSR count). The third-order valence-corrected chi connectivity index (χ3v) is 4.03. The standard InChI is InChI=1S/C14H16N2O2/c1-16-7-8-18-13-9-11(3-4-12(13)16)14(15-10-17)5-2-6-14/h3-4,9H,2,5-8H2,1H3. The molecule has 0 radical (unpaired) electrons. The van der Waals surface area contributed by atoms with Crippen molar-refractivity contribution in [2.24, 2.45) is 4.99 Å². The molecule has 0 N–H and O–H groups in total. The zero-order chi connectivity index (χ0) is 12.6. The van der Waals surface area contributed by atoms with Gasteiger partial charge in [-0.2, -0.15) is 4.99 Å². The zero-order valence-corrected chi connectivity index (χ0v) is 10.5. The van der Waals surface area contributed by atoms with Crippen LogP contribution in [-0.2, 0) is 10.3 Å². The highest BCUT2D eigenvalue weighted by atomic mass is 16.5. The number of nitrogens with zero attached hydrogens (tertiary/aromatic N) is 2. The molecule has 0 unspecified atom stereocenters. The summed E-state index contributed by atoms with van der Waals surface area (Å²) in [4.78, 5) is 16.8. The number of carbonyl (C=O) groups excluding carboxylic acids is 1. The lowest BCUT2D eigenvalue weighted by atomic mass is 9.72. The van der Waals surface area contributed by atoms with Gasteiger partial charge in [0, 0.05) is 7.05 Å². The summed E-state index contributed by atoms with van der Waals surface area (Å²) < 4.78 is 5.69. The van der Waals surface area contributed by atoms with Crippen molar-refractivity contribution in [1.29, 1.82) is 0 Å². The number of fused-ring (bicyclic) bond motifs is 1. The van der Waals surface area contributed by atoms with Crippen LogP contribution in [0.1, 0.15) is 24.8 Å². The lowest BCUT2D eigenvalue weighted by molar-refractivity contribution is 0.253. The molecular weight excluding hydrogens is 228 g/mol. The molecule has 1 aromatic carbocycles. The molecule has 0 saturated heterocycles. The molecule has 0 amide bonds. The Kier molecular flexibility index (Phi) is 2.60. The zero-order valence-electron chi connectivity index (χ0n) is 10.5. The van der Waals surface area contributed by atoms with E-state index in [2.05, 4.69) is 29.1 Å². The minimum Gasteiger partial charge on any atom is -0.490 e. The van der Waals surface area contributed by atoms with Gasteiger partial charge in [0.15, 0.2) is 0 Å². The molecule has 4 heteroatoms. The number of hydrogen-bond donors (Lipinski definition) is 0. The third-order valence-electron chi connectivity index (χ3n) is 4.03. The first-order valence-corrected chi connectivity index (χ1v) is 6.33. The van der Waals surface area contributed by atoms with Crippen LogP contribution in [0.5, 0.6) is 5.75 Å². The number of rotatable bonds is 2. The Morgan fingerprint density at radius 2 is 2.28 bits per heavy atom. The molecule has 0 bridgehead atoms. The molecule has 1 aromatic rings. The van der Waals surface area contributed by atoms with Gasteiger partial charge in [0.25, 0.3) is 0 Å². The van der Waals surface area contributed by atoms with Gasteiger partial charge < -0.3 is 9.64 Å². The molecule has 0 spiro atoms. The minimum absolute atomic E-state index is 0.337. The number of hydrogen-bond acceptors (Lipinski definition) is 4. The summed E-state index contributed by atoms with van der Waals surface area (Å²) in [7, 11) is 2.06. The molecule has 1 fully saturated rings. The first kappa shape index (κ1) is 11.3. The van der Waals surface area contributed by atoms with E-state index in [0.717, 1.165) is 42.8 Å². The number of benzene rings is 1. The van der Waals surface area contributed by atoms with E-state index < -0.39 is 0 Å². The van der Waals surface area contributed by atoms with Crippen LogP contribution in [-0.4, -0.2) is 26.3 Å². The molecule has 0 atom stereocenters. The average Bonchev–Trinajstić information content (AvgIpc) is 2.34. The molecule has 94 valence electrons. The molecule has 1 aliphatic carbocycles. The van der Waals surface area contributed by atoms with E-state index in [9.17, 15) is 4.79 Å². The van der Waals surface area contributed by atoms with Crippen LogP contribution in [0.25, 0.3) is 0 Å². The maximum Gasteiger partial charge on any atom is 0.235 e. The van der Waals surface area contributed by atoms with E-state index in [1.54, 1.807) is 6.08 Å². The number of aliphatic imine (C=N–C) groups is 1. The second kappa shape index (κ2) is 4.14. The Morgan fingerprint density at radius 1 is 1.44 bits per heavy atom. The van der Waals surface area contributed by atoms with Crippen LogP contribution < -0.4 is 9.64 Å². The Labute approximate surface area is 106 Å². The van der Waals surface area contributed by atoms with Crippen molar-refractivity contribution in [3.05, 3.63) is 23.8 Å². The highest BCUT2D eigenvalue weighted by molar-refractivity contribution is 5.61. The van der Waals surface area contributed by atoms with Gasteiger partial charge in [0.2, 0.25) is 6.08 Å². The van der Waals surface area contributed by atoms with Gasteiger partial charge in [-0.15, -0.1) is 0 Å². The lowest BCUT2D eigenvalue weighted by Gasteiger charge is -2.38. The monoisotopic (exact) mass is 244 g/mol. The summed E-state index contributed by atoms with van der Waals surface area (Å²) in [5.41, 5.74) is 1.84. The fourth-order valence-corrected chi connectivity index (χ4v) is 2.71. The van der Waals surface area contributed by atoms with E-state index in [1.807, 2.05) is 6.07 Å². The average molecular weight is 244 g/mol. The quantitative estimate of drug-likeness (QED) is 0.592. The predicted molar refractivity (Wildman–Crippen MR) is 68.9 cm³/mol. The van der Waals surface area contributed by atoms with Crippen LogP contribution >= 0.6 is 0 Å². The van der Waals surface area contributed by atoms with Gasteiger partial charge in [-0.05, 0) is 37.0 Å². The second-order valence-electron chi connectivity index (χ2n) is 5.04. The summed E-state index contributed by atoms with van der Waals surface area (Å²) in [6.45, 7) is 1.61. The van der Waals surface area contributed by atoms with Crippen LogP contribution in [0, 0.1) is 0 Å². The van der Waals surface area contributed by atoms with Crippen LogP contribution in [0.4, 0.5) is 5.69 Å². The smallest absolute Gasteiger partial charge is 0.235 e. The fraction of sp³-hybridized carbons (Fsp3) is 0.500. The molecule has 18 heavy (non-hydrogen) atoms. The van der Waals surface area contributed by atoms with E-state index >= 15 is 0 Å². The lowest BCUT2D eigenvalue weighted by Crippen LogP contribution is -2.33. The number of anilines is 1. The van der Waals surface area contributed by atoms with E-state index in [-0.39, 0.29) is 5.54 Å². The molecule has 1 saturated carbocycles. The molecule has 4 nitrogen and oxygen atoms in total. The maximum absolute atomic E-state index is 10.6. The number of isocyanates is 1. The van der Waals surface area contributed by atoms with Crippen molar-refractivity contribution in [2.75, 3.05) is 25.1 Å². The number of likely N-dealkylation sites (N-methyl/N-ethyl adjacent to an activating group) is 1. The normalized spacial score (nSPS) is 20.2. The van der Waals surface area contributed by atoms with Crippen molar-refractivity contribution in [1.82, 2.24) is 0 Å². The summed E-state index contributed by atoms with van der Waals surface area (Å²) in [6, 6.07) is 6.15. The summed E-state index contributed by atoms with van der Waals surface area (Å²) in [5.74, 6) is 0.897. The van der Waals surface area contributed by atoms with Crippen LogP contribution in [0.2, 0.25) is 0 Å². The predicted octanol–water partition coefficient (Wildman–Crippen LogP) is 2.23. The summed E-state index contributed by atoms with van der Waals surface area (Å²) in [6.07, 6.45) is 4.69. The van der Waals surface area contributed by atoms with Crippen LogP contribution in [0.15, 0.2) is 23.2 Å². The first-order chi connectivity index (χ1) is 8.75. The van der Waals surface area contributed by atoms with Gasteiger partial charge in [-0.25, -0.2) is 4.79 Å². The van der Waals surface area contributed by atoms with Crippen LogP contribution in [0.3, 0.4) is 0 Å². The van der Waals surface area contributed by atoms with E-state index in [4.69, 9.17) is 4.74 Å². The Balaban J connectivity index is 2.01. The molecule has 1 heterocycles. The van der Waals surface area contributed by atoms with Gasteiger partial charge in [0.1, 0.15) is 12.4 Å². The van der Waals surface area contributed by atoms with Gasteiger partial charge in [-0.1, -0.05) is 6.07 Å². The second-order valence-corrected chi connectivity index (χ2v) is 5.04. The third kappa shape index (κ3) is 1.61. The largest absolute Gasteiger partial charge is 0.490 e. The Hall–Kier alpha value is -1.80. The highest BCUT2D eigenvalue weighted by Crippen LogP contribution is 2.46. The summed E-state index contributed by atoms with van der Waals surface area (Å²) in [5, 5.41) is 0. The van der Waals surface area contributed by atoms with E-state index in [0.29, 0.717) is 6.61 Å². The minimum atomic E-state index is -0.337. The molecule has 2 aliphatic rings. The van der Waals surface area contributed by atoms with Crippen molar-refractivity contribution in [3.8, 4) is 5.75 Å². The first-order valence-electron chi connectivity index (χ1n) is 6.33. The van der Waals surface area contributed by atoms with Crippen molar-refractivity contribution < 1.29 is 9.53 Å². The molecule has 0 aromatic heterocycles. The fourth-order valence-electron chi connectivity index (χ4n) is 2.71. The Morgan fingerprint density at radius 3 is 2.94 bits per heavy atom. The Bertz CT molecular complexity index is 517. The SMILES string of the molecule is CN1CCOc2cc(C3(N=C=O)CCC3)ccc21. The number of ether oxygens (including phenoxy) is 1. The molecular formula is C14H16N2O2. The molecule has 1 aliphatic heterocycles. The topological polar surface area (TPSA) is 41.9 Å². The van der Waals surface area contributed by atoms with Crippen molar-refractivity contribution in [3.63, 3.8) is 0 Å². The van der Waals surface area contributed by atoms with Gasteiger partial charge in [0.05, 0.1) is 17.8 Å². The van der Waals surface area contributed by atoms with Gasteiger partial charge in [-0.3, -0.25) is 0 Å². The maximum atomic E-state index is 10.6. The van der Waals surface area contributed by atoms with Gasteiger partial charge >= 0.3 is 0 Å². The highest BCUT2D eigenvalue weighted by Gasteiger charge is 2.39.